The molecule has 2 aromatic rings. The van der Waals surface area contributed by atoms with Crippen LogP contribution in [0.5, 0.6) is 0 Å². The van der Waals surface area contributed by atoms with Crippen LogP contribution in [0.25, 0.3) is 5.52 Å². The van der Waals surface area contributed by atoms with E-state index >= 15 is 0 Å². The summed E-state index contributed by atoms with van der Waals surface area (Å²) in [5.74, 6) is 0.477. The molecular formula is C9H11N3. The van der Waals surface area contributed by atoms with Crippen molar-refractivity contribution >= 4 is 5.52 Å². The van der Waals surface area contributed by atoms with Crippen LogP contribution in [0.15, 0.2) is 24.7 Å². The number of aromatic nitrogens is 3. The van der Waals surface area contributed by atoms with Crippen molar-refractivity contribution in [2.45, 2.75) is 19.8 Å². The lowest BCUT2D eigenvalue weighted by atomic mass is 10.1. The van der Waals surface area contributed by atoms with Crippen molar-refractivity contribution in [3.8, 4) is 0 Å². The van der Waals surface area contributed by atoms with Gasteiger partial charge >= 0.3 is 0 Å². The number of hydrogen-bond acceptors (Lipinski definition) is 2. The van der Waals surface area contributed by atoms with Crippen molar-refractivity contribution in [3.63, 3.8) is 0 Å². The van der Waals surface area contributed by atoms with E-state index in [1.807, 2.05) is 6.07 Å². The van der Waals surface area contributed by atoms with E-state index in [0.29, 0.717) is 5.92 Å². The van der Waals surface area contributed by atoms with E-state index in [-0.39, 0.29) is 0 Å². The minimum Gasteiger partial charge on any atom is -0.245 e. The average molecular weight is 161 g/mol. The largest absolute Gasteiger partial charge is 0.245 e. The molecule has 0 radical (unpaired) electrons. The molecule has 0 aliphatic carbocycles. The smallest absolute Gasteiger partial charge is 0.117 e. The Labute approximate surface area is 71.1 Å². The summed E-state index contributed by atoms with van der Waals surface area (Å²) in [6, 6.07) is 4.05. The first-order valence-electron chi connectivity index (χ1n) is 4.06. The Kier molecular flexibility index (Phi) is 1.57. The first kappa shape index (κ1) is 7.28. The van der Waals surface area contributed by atoms with E-state index in [1.165, 1.54) is 0 Å². The van der Waals surface area contributed by atoms with Gasteiger partial charge in [0.25, 0.3) is 0 Å². The molecule has 0 unspecified atom stereocenters. The maximum atomic E-state index is 4.37. The maximum absolute atomic E-state index is 4.37. The molecule has 3 nitrogen and oxygen atoms in total. The van der Waals surface area contributed by atoms with Crippen LogP contribution in [0.1, 0.15) is 25.5 Å². The zero-order valence-corrected chi connectivity index (χ0v) is 7.23. The molecule has 0 fully saturated rings. The molecule has 2 heterocycles. The van der Waals surface area contributed by atoms with Crippen LogP contribution in [-0.4, -0.2) is 14.6 Å². The topological polar surface area (TPSA) is 30.2 Å². The summed E-state index contributed by atoms with van der Waals surface area (Å²) >= 11 is 0. The van der Waals surface area contributed by atoms with Crippen LogP contribution in [-0.2, 0) is 0 Å². The zero-order valence-electron chi connectivity index (χ0n) is 7.23. The molecule has 0 saturated carbocycles. The van der Waals surface area contributed by atoms with Crippen molar-refractivity contribution < 1.29 is 0 Å². The highest BCUT2D eigenvalue weighted by molar-refractivity contribution is 5.46. The lowest BCUT2D eigenvalue weighted by molar-refractivity contribution is 0.782. The fourth-order valence-electron chi connectivity index (χ4n) is 1.15. The Morgan fingerprint density at radius 2 is 2.25 bits per heavy atom. The second-order valence-corrected chi connectivity index (χ2v) is 3.17. The van der Waals surface area contributed by atoms with Gasteiger partial charge in [-0.25, -0.2) is 9.50 Å². The van der Waals surface area contributed by atoms with Crippen LogP contribution < -0.4 is 0 Å². The molecule has 0 bridgehead atoms. The highest BCUT2D eigenvalue weighted by Crippen LogP contribution is 2.13. The minimum absolute atomic E-state index is 0.477. The Bertz CT molecular complexity index is 356. The molecule has 0 aromatic carbocycles. The molecule has 3 heteroatoms. The van der Waals surface area contributed by atoms with Crippen LogP contribution >= 0.6 is 0 Å². The van der Waals surface area contributed by atoms with Gasteiger partial charge in [0.05, 0.1) is 11.2 Å². The minimum atomic E-state index is 0.477. The molecule has 0 aliphatic rings. The van der Waals surface area contributed by atoms with Gasteiger partial charge in [0.1, 0.15) is 6.33 Å². The summed E-state index contributed by atoms with van der Waals surface area (Å²) in [6.45, 7) is 4.27. The van der Waals surface area contributed by atoms with E-state index in [1.54, 1.807) is 17.0 Å². The second kappa shape index (κ2) is 2.59. The third-order valence-corrected chi connectivity index (χ3v) is 1.88. The predicted molar refractivity (Wildman–Crippen MR) is 47.1 cm³/mol. The van der Waals surface area contributed by atoms with Gasteiger partial charge in [-0.15, -0.1) is 0 Å². The molecule has 0 spiro atoms. The third kappa shape index (κ3) is 1.07. The Morgan fingerprint density at radius 3 is 2.92 bits per heavy atom. The molecule has 0 aliphatic heterocycles. The van der Waals surface area contributed by atoms with E-state index in [4.69, 9.17) is 0 Å². The van der Waals surface area contributed by atoms with Crippen molar-refractivity contribution in [1.29, 1.82) is 0 Å². The van der Waals surface area contributed by atoms with Gasteiger partial charge < -0.3 is 0 Å². The first-order valence-corrected chi connectivity index (χ1v) is 4.06. The van der Waals surface area contributed by atoms with E-state index in [9.17, 15) is 0 Å². The number of fused-ring (bicyclic) bond motifs is 1. The Balaban J connectivity index is 2.62. The van der Waals surface area contributed by atoms with Gasteiger partial charge in [-0.2, -0.15) is 5.10 Å². The fourth-order valence-corrected chi connectivity index (χ4v) is 1.15. The van der Waals surface area contributed by atoms with Crippen LogP contribution in [0.3, 0.4) is 0 Å². The SMILES string of the molecule is CC(C)c1cc2ccncn2n1. The van der Waals surface area contributed by atoms with Gasteiger partial charge in [0, 0.05) is 6.20 Å². The number of hydrogen-bond donors (Lipinski definition) is 0. The molecule has 0 saturated heterocycles. The van der Waals surface area contributed by atoms with E-state index in [2.05, 4.69) is 30.0 Å². The molecule has 62 valence electrons. The van der Waals surface area contributed by atoms with Crippen molar-refractivity contribution in [1.82, 2.24) is 14.6 Å². The van der Waals surface area contributed by atoms with E-state index < -0.39 is 0 Å². The van der Waals surface area contributed by atoms with Crippen molar-refractivity contribution in [3.05, 3.63) is 30.4 Å². The number of nitrogens with zero attached hydrogens (tertiary/aromatic N) is 3. The Morgan fingerprint density at radius 1 is 1.42 bits per heavy atom. The molecule has 12 heavy (non-hydrogen) atoms. The summed E-state index contributed by atoms with van der Waals surface area (Å²) in [5.41, 5.74) is 2.22. The van der Waals surface area contributed by atoms with E-state index in [0.717, 1.165) is 11.2 Å². The molecular weight excluding hydrogens is 150 g/mol. The summed E-state index contributed by atoms with van der Waals surface area (Å²) in [7, 11) is 0. The summed E-state index contributed by atoms with van der Waals surface area (Å²) < 4.78 is 1.80. The number of rotatable bonds is 1. The standard InChI is InChI=1S/C9H11N3/c1-7(2)9-5-8-3-4-10-6-12(8)11-9/h3-7H,1-2H3. The molecule has 2 rings (SSSR count). The third-order valence-electron chi connectivity index (χ3n) is 1.88. The monoisotopic (exact) mass is 161 g/mol. The maximum Gasteiger partial charge on any atom is 0.117 e. The first-order chi connectivity index (χ1) is 5.77. The average Bonchev–Trinajstić information content (AvgIpc) is 2.46. The van der Waals surface area contributed by atoms with Crippen molar-refractivity contribution in [2.75, 3.05) is 0 Å². The molecule has 2 aromatic heterocycles. The van der Waals surface area contributed by atoms with Gasteiger partial charge in [0.15, 0.2) is 0 Å². The van der Waals surface area contributed by atoms with Gasteiger partial charge in [-0.1, -0.05) is 13.8 Å². The Hall–Kier alpha value is -1.38. The second-order valence-electron chi connectivity index (χ2n) is 3.17. The fraction of sp³-hybridized carbons (Fsp3) is 0.333. The summed E-state index contributed by atoms with van der Waals surface area (Å²) in [4.78, 5) is 3.99. The summed E-state index contributed by atoms with van der Waals surface area (Å²) in [5, 5.41) is 4.37. The lowest BCUT2D eigenvalue weighted by Crippen LogP contribution is -1.90. The molecule has 0 atom stereocenters. The zero-order chi connectivity index (χ0) is 8.55. The normalized spacial score (nSPS) is 11.2. The van der Waals surface area contributed by atoms with Crippen LogP contribution in [0, 0.1) is 0 Å². The highest BCUT2D eigenvalue weighted by atomic mass is 15.2. The lowest BCUT2D eigenvalue weighted by Gasteiger charge is -1.94. The van der Waals surface area contributed by atoms with Gasteiger partial charge in [-0.05, 0) is 18.1 Å². The van der Waals surface area contributed by atoms with Crippen LogP contribution in [0.2, 0.25) is 0 Å². The molecule has 0 N–H and O–H groups in total. The van der Waals surface area contributed by atoms with Gasteiger partial charge in [0.2, 0.25) is 0 Å². The van der Waals surface area contributed by atoms with Gasteiger partial charge in [-0.3, -0.25) is 0 Å². The predicted octanol–water partition coefficient (Wildman–Crippen LogP) is 1.85. The quantitative estimate of drug-likeness (QED) is 0.639. The van der Waals surface area contributed by atoms with Crippen molar-refractivity contribution in [2.24, 2.45) is 0 Å². The molecule has 0 amide bonds. The summed E-state index contributed by atoms with van der Waals surface area (Å²) in [6.07, 6.45) is 3.50. The highest BCUT2D eigenvalue weighted by Gasteiger charge is 2.03. The van der Waals surface area contributed by atoms with Crippen LogP contribution in [0.4, 0.5) is 0 Å².